The van der Waals surface area contributed by atoms with Crippen molar-refractivity contribution in [1.29, 1.82) is 0 Å². The van der Waals surface area contributed by atoms with Crippen molar-refractivity contribution >= 4 is 17.3 Å². The topological polar surface area (TPSA) is 55.1 Å². The molecule has 3 N–H and O–H groups in total. The van der Waals surface area contributed by atoms with Crippen molar-refractivity contribution < 1.29 is 4.79 Å². The van der Waals surface area contributed by atoms with Gasteiger partial charge in [0.25, 0.3) is 0 Å². The SMILES string of the molecule is Cc1cc(NC(=O)CCCc2ccccc2)ccc1N. The van der Waals surface area contributed by atoms with Gasteiger partial charge < -0.3 is 11.1 Å². The van der Waals surface area contributed by atoms with Gasteiger partial charge >= 0.3 is 0 Å². The summed E-state index contributed by atoms with van der Waals surface area (Å²) in [7, 11) is 0. The lowest BCUT2D eigenvalue weighted by molar-refractivity contribution is -0.116. The van der Waals surface area contributed by atoms with Crippen molar-refractivity contribution in [3.05, 3.63) is 59.7 Å². The second kappa shape index (κ2) is 6.75. The van der Waals surface area contributed by atoms with Crippen molar-refractivity contribution in [3.63, 3.8) is 0 Å². The molecule has 0 aliphatic carbocycles. The number of nitrogens with two attached hydrogens (primary N) is 1. The van der Waals surface area contributed by atoms with E-state index < -0.39 is 0 Å². The Morgan fingerprint density at radius 1 is 1.15 bits per heavy atom. The van der Waals surface area contributed by atoms with Crippen molar-refractivity contribution in [2.75, 3.05) is 11.1 Å². The molecule has 0 saturated heterocycles. The number of rotatable bonds is 5. The molecule has 0 fully saturated rings. The standard InChI is InChI=1S/C17H20N2O/c1-13-12-15(10-11-16(13)18)19-17(20)9-5-8-14-6-3-2-4-7-14/h2-4,6-7,10-12H,5,8-9,18H2,1H3,(H,19,20). The van der Waals surface area contributed by atoms with Crippen molar-refractivity contribution in [3.8, 4) is 0 Å². The highest BCUT2D eigenvalue weighted by Gasteiger charge is 2.03. The van der Waals surface area contributed by atoms with E-state index in [1.54, 1.807) is 0 Å². The van der Waals surface area contributed by atoms with Crippen molar-refractivity contribution in [2.45, 2.75) is 26.2 Å². The summed E-state index contributed by atoms with van der Waals surface area (Å²) in [6.45, 7) is 1.93. The maximum absolute atomic E-state index is 11.9. The number of hydrogen-bond acceptors (Lipinski definition) is 2. The highest BCUT2D eigenvalue weighted by atomic mass is 16.1. The summed E-state index contributed by atoms with van der Waals surface area (Å²) >= 11 is 0. The Balaban J connectivity index is 1.79. The van der Waals surface area contributed by atoms with E-state index in [0.29, 0.717) is 6.42 Å². The van der Waals surface area contributed by atoms with Crippen LogP contribution in [0.25, 0.3) is 0 Å². The van der Waals surface area contributed by atoms with Gasteiger partial charge in [-0.2, -0.15) is 0 Å². The Morgan fingerprint density at radius 3 is 2.60 bits per heavy atom. The highest BCUT2D eigenvalue weighted by Crippen LogP contribution is 2.17. The minimum Gasteiger partial charge on any atom is -0.399 e. The molecule has 0 aliphatic rings. The number of carbonyl (C=O) groups excluding carboxylic acids is 1. The summed E-state index contributed by atoms with van der Waals surface area (Å²) in [5, 5.41) is 2.90. The number of anilines is 2. The van der Waals surface area contributed by atoms with E-state index in [0.717, 1.165) is 29.8 Å². The molecular formula is C17H20N2O. The van der Waals surface area contributed by atoms with Crippen LogP contribution in [0.5, 0.6) is 0 Å². The fourth-order valence-corrected chi connectivity index (χ4v) is 2.07. The molecular weight excluding hydrogens is 248 g/mol. The van der Waals surface area contributed by atoms with Crippen molar-refractivity contribution in [1.82, 2.24) is 0 Å². The summed E-state index contributed by atoms with van der Waals surface area (Å²) in [6, 6.07) is 15.7. The van der Waals surface area contributed by atoms with E-state index in [1.165, 1.54) is 5.56 Å². The van der Waals surface area contributed by atoms with Crippen LogP contribution in [0, 0.1) is 6.92 Å². The van der Waals surface area contributed by atoms with Crippen LogP contribution in [0.1, 0.15) is 24.0 Å². The maximum Gasteiger partial charge on any atom is 0.224 e. The predicted molar refractivity (Wildman–Crippen MR) is 83.6 cm³/mol. The summed E-state index contributed by atoms with van der Waals surface area (Å²) in [5.74, 6) is 0.0464. The van der Waals surface area contributed by atoms with Gasteiger partial charge in [0, 0.05) is 17.8 Å². The molecule has 0 spiro atoms. The molecule has 2 rings (SSSR count). The molecule has 0 radical (unpaired) electrons. The minimum absolute atomic E-state index is 0.0464. The van der Waals surface area contributed by atoms with Gasteiger partial charge in [-0.1, -0.05) is 30.3 Å². The number of amides is 1. The van der Waals surface area contributed by atoms with Crippen LogP contribution in [0.2, 0.25) is 0 Å². The van der Waals surface area contributed by atoms with Crippen LogP contribution in [0.15, 0.2) is 48.5 Å². The van der Waals surface area contributed by atoms with Crippen LogP contribution < -0.4 is 11.1 Å². The zero-order valence-corrected chi connectivity index (χ0v) is 11.7. The monoisotopic (exact) mass is 268 g/mol. The van der Waals surface area contributed by atoms with Gasteiger partial charge in [-0.15, -0.1) is 0 Å². The Morgan fingerprint density at radius 2 is 1.90 bits per heavy atom. The van der Waals surface area contributed by atoms with Crippen LogP contribution in [0.4, 0.5) is 11.4 Å². The van der Waals surface area contributed by atoms with Crippen LogP contribution in [0.3, 0.4) is 0 Å². The molecule has 2 aromatic carbocycles. The fourth-order valence-electron chi connectivity index (χ4n) is 2.07. The minimum atomic E-state index is 0.0464. The summed E-state index contributed by atoms with van der Waals surface area (Å²) < 4.78 is 0. The molecule has 0 heterocycles. The zero-order valence-electron chi connectivity index (χ0n) is 11.7. The van der Waals surface area contributed by atoms with Gasteiger partial charge in [0.05, 0.1) is 0 Å². The molecule has 3 nitrogen and oxygen atoms in total. The molecule has 20 heavy (non-hydrogen) atoms. The fraction of sp³-hybridized carbons (Fsp3) is 0.235. The first-order valence-corrected chi connectivity index (χ1v) is 6.85. The third-order valence-electron chi connectivity index (χ3n) is 3.27. The van der Waals surface area contributed by atoms with Gasteiger partial charge in [0.15, 0.2) is 0 Å². The number of nitrogen functional groups attached to an aromatic ring is 1. The highest BCUT2D eigenvalue weighted by molar-refractivity contribution is 5.91. The molecule has 0 unspecified atom stereocenters. The second-order valence-corrected chi connectivity index (χ2v) is 4.96. The van der Waals surface area contributed by atoms with E-state index in [2.05, 4.69) is 17.4 Å². The molecule has 0 atom stereocenters. The van der Waals surface area contributed by atoms with Gasteiger partial charge in [-0.3, -0.25) is 4.79 Å². The van der Waals surface area contributed by atoms with Crippen LogP contribution >= 0.6 is 0 Å². The molecule has 0 bridgehead atoms. The maximum atomic E-state index is 11.9. The first-order chi connectivity index (χ1) is 9.65. The Bertz CT molecular complexity index is 579. The largest absolute Gasteiger partial charge is 0.399 e. The van der Waals surface area contributed by atoms with Gasteiger partial charge in [-0.05, 0) is 49.1 Å². The smallest absolute Gasteiger partial charge is 0.224 e. The van der Waals surface area contributed by atoms with Crippen LogP contribution in [-0.2, 0) is 11.2 Å². The molecule has 2 aromatic rings. The molecule has 1 amide bonds. The lowest BCUT2D eigenvalue weighted by Gasteiger charge is -2.07. The summed E-state index contributed by atoms with van der Waals surface area (Å²) in [5.41, 5.74) is 9.55. The number of nitrogens with one attached hydrogen (secondary N) is 1. The Hall–Kier alpha value is -2.29. The Labute approximate surface area is 119 Å². The average molecular weight is 268 g/mol. The third-order valence-corrected chi connectivity index (χ3v) is 3.27. The van der Waals surface area contributed by atoms with Gasteiger partial charge in [0.2, 0.25) is 5.91 Å². The number of hydrogen-bond donors (Lipinski definition) is 2. The zero-order chi connectivity index (χ0) is 14.4. The first kappa shape index (κ1) is 14.1. The molecule has 0 aliphatic heterocycles. The third kappa shape index (κ3) is 4.12. The summed E-state index contributed by atoms with van der Waals surface area (Å²) in [4.78, 5) is 11.9. The normalized spacial score (nSPS) is 10.2. The quantitative estimate of drug-likeness (QED) is 0.815. The van der Waals surface area contributed by atoms with Crippen molar-refractivity contribution in [2.24, 2.45) is 0 Å². The predicted octanol–water partition coefficient (Wildman–Crippen LogP) is 3.54. The first-order valence-electron chi connectivity index (χ1n) is 6.85. The lowest BCUT2D eigenvalue weighted by atomic mass is 10.1. The number of carbonyl (C=O) groups is 1. The second-order valence-electron chi connectivity index (χ2n) is 4.96. The van der Waals surface area contributed by atoms with Gasteiger partial charge in [0.1, 0.15) is 0 Å². The van der Waals surface area contributed by atoms with Gasteiger partial charge in [-0.25, -0.2) is 0 Å². The van der Waals surface area contributed by atoms with E-state index in [1.807, 2.05) is 43.3 Å². The average Bonchev–Trinajstić information content (AvgIpc) is 2.44. The Kier molecular flexibility index (Phi) is 4.77. The summed E-state index contributed by atoms with van der Waals surface area (Å²) in [6.07, 6.45) is 2.30. The number of aryl methyl sites for hydroxylation is 2. The van der Waals surface area contributed by atoms with E-state index in [9.17, 15) is 4.79 Å². The molecule has 0 saturated carbocycles. The van der Waals surface area contributed by atoms with E-state index in [-0.39, 0.29) is 5.91 Å². The lowest BCUT2D eigenvalue weighted by Crippen LogP contribution is -2.11. The number of benzene rings is 2. The molecule has 3 heteroatoms. The molecule has 104 valence electrons. The van der Waals surface area contributed by atoms with Crippen LogP contribution in [-0.4, -0.2) is 5.91 Å². The molecule has 0 aromatic heterocycles. The van der Waals surface area contributed by atoms with E-state index in [4.69, 9.17) is 5.73 Å². The van der Waals surface area contributed by atoms with E-state index >= 15 is 0 Å².